The van der Waals surface area contributed by atoms with Crippen LogP contribution in [0.5, 0.6) is 0 Å². The summed E-state index contributed by atoms with van der Waals surface area (Å²) in [6.07, 6.45) is 4.85. The van der Waals surface area contributed by atoms with Gasteiger partial charge in [-0.1, -0.05) is 26.3 Å². The summed E-state index contributed by atoms with van der Waals surface area (Å²) in [5, 5.41) is 5.56. The van der Waals surface area contributed by atoms with E-state index in [1.54, 1.807) is 11.3 Å². The lowest BCUT2D eigenvalue weighted by Crippen LogP contribution is -2.44. The number of rotatable bonds is 2. The van der Waals surface area contributed by atoms with E-state index in [2.05, 4.69) is 41.6 Å². The number of hydrogen-bond donors (Lipinski definition) is 1. The third-order valence-corrected chi connectivity index (χ3v) is 5.62. The molecule has 3 atom stereocenters. The minimum Gasteiger partial charge on any atom is -0.318 e. The maximum absolute atomic E-state index is 12.6. The Hall–Kier alpha value is -0.870. The zero-order valence-electron chi connectivity index (χ0n) is 12.6. The van der Waals surface area contributed by atoms with Crippen LogP contribution in [0, 0.1) is 5.41 Å². The monoisotopic (exact) mass is 292 g/mol. The van der Waals surface area contributed by atoms with Gasteiger partial charge in [0.2, 0.25) is 5.91 Å². The first-order valence-corrected chi connectivity index (χ1v) is 8.47. The lowest BCUT2D eigenvalue weighted by atomic mass is 9.74. The highest BCUT2D eigenvalue weighted by molar-refractivity contribution is 7.10. The molecule has 1 aliphatic heterocycles. The Balaban J connectivity index is 1.86. The summed E-state index contributed by atoms with van der Waals surface area (Å²) in [4.78, 5) is 16.0. The van der Waals surface area contributed by atoms with Gasteiger partial charge in [0.05, 0.1) is 6.04 Å². The highest BCUT2D eigenvalue weighted by atomic mass is 32.1. The van der Waals surface area contributed by atoms with Gasteiger partial charge in [-0.2, -0.15) is 0 Å². The van der Waals surface area contributed by atoms with Gasteiger partial charge in [-0.3, -0.25) is 10.1 Å². The van der Waals surface area contributed by atoms with E-state index in [1.807, 2.05) is 6.92 Å². The number of hydrogen-bond acceptors (Lipinski definition) is 3. The van der Waals surface area contributed by atoms with Crippen LogP contribution in [0.1, 0.15) is 57.5 Å². The highest BCUT2D eigenvalue weighted by Gasteiger charge is 2.43. The second-order valence-electron chi connectivity index (χ2n) is 6.97. The second kappa shape index (κ2) is 5.15. The first-order chi connectivity index (χ1) is 9.48. The Bertz CT molecular complexity index is 483. The van der Waals surface area contributed by atoms with E-state index in [0.717, 1.165) is 12.8 Å². The third kappa shape index (κ3) is 2.51. The van der Waals surface area contributed by atoms with Crippen LogP contribution in [0.25, 0.3) is 0 Å². The molecule has 1 saturated heterocycles. The fourth-order valence-corrected chi connectivity index (χ4v) is 4.47. The predicted octanol–water partition coefficient (Wildman–Crippen LogP) is 3.54. The molecule has 0 spiro atoms. The van der Waals surface area contributed by atoms with Crippen LogP contribution in [0.2, 0.25) is 0 Å². The first-order valence-electron chi connectivity index (χ1n) is 7.59. The van der Waals surface area contributed by atoms with E-state index in [4.69, 9.17) is 0 Å². The molecule has 4 heteroatoms. The molecule has 1 aromatic heterocycles. The Labute approximate surface area is 125 Å². The number of amides is 1. The summed E-state index contributed by atoms with van der Waals surface area (Å²) >= 11 is 1.74. The van der Waals surface area contributed by atoms with Gasteiger partial charge in [0.25, 0.3) is 0 Å². The molecule has 3 nitrogen and oxygen atoms in total. The van der Waals surface area contributed by atoms with Crippen molar-refractivity contribution in [3.05, 3.63) is 22.4 Å². The van der Waals surface area contributed by atoms with Gasteiger partial charge in [-0.15, -0.1) is 11.3 Å². The van der Waals surface area contributed by atoms with E-state index in [9.17, 15) is 4.79 Å². The molecule has 2 heterocycles. The molecule has 1 saturated carbocycles. The van der Waals surface area contributed by atoms with Crippen molar-refractivity contribution in [3.63, 3.8) is 0 Å². The Morgan fingerprint density at radius 2 is 2.25 bits per heavy atom. The first kappa shape index (κ1) is 14.1. The predicted molar refractivity (Wildman–Crippen MR) is 82.5 cm³/mol. The molecule has 1 aliphatic carbocycles. The quantitative estimate of drug-likeness (QED) is 0.904. The van der Waals surface area contributed by atoms with E-state index in [1.165, 1.54) is 17.7 Å². The molecule has 1 amide bonds. The molecular formula is C16H24N2OS. The van der Waals surface area contributed by atoms with Crippen molar-refractivity contribution >= 4 is 17.2 Å². The van der Waals surface area contributed by atoms with Crippen molar-refractivity contribution < 1.29 is 4.79 Å². The maximum atomic E-state index is 12.6. The van der Waals surface area contributed by atoms with Gasteiger partial charge < -0.3 is 4.90 Å². The molecule has 0 bridgehead atoms. The molecule has 2 aliphatic rings. The Morgan fingerprint density at radius 1 is 1.45 bits per heavy atom. The molecule has 20 heavy (non-hydrogen) atoms. The third-order valence-electron chi connectivity index (χ3n) is 4.70. The van der Waals surface area contributed by atoms with Crippen LogP contribution in [-0.4, -0.2) is 22.9 Å². The topological polar surface area (TPSA) is 32.3 Å². The fraction of sp³-hybridized carbons (Fsp3) is 0.688. The highest BCUT2D eigenvalue weighted by Crippen LogP contribution is 2.41. The summed E-state index contributed by atoms with van der Waals surface area (Å²) in [7, 11) is 0. The van der Waals surface area contributed by atoms with Gasteiger partial charge in [-0.05, 0) is 43.0 Å². The summed E-state index contributed by atoms with van der Waals surface area (Å²) in [6.45, 7) is 6.64. The zero-order valence-corrected chi connectivity index (χ0v) is 13.4. The lowest BCUT2D eigenvalue weighted by Gasteiger charge is -2.41. The van der Waals surface area contributed by atoms with Gasteiger partial charge in [0, 0.05) is 10.9 Å². The van der Waals surface area contributed by atoms with Crippen LogP contribution < -0.4 is 5.32 Å². The summed E-state index contributed by atoms with van der Waals surface area (Å²) < 4.78 is 0. The van der Waals surface area contributed by atoms with Crippen LogP contribution in [-0.2, 0) is 4.79 Å². The normalized spacial score (nSPS) is 33.6. The number of thiophene rings is 1. The Morgan fingerprint density at radius 3 is 2.90 bits per heavy atom. The van der Waals surface area contributed by atoms with E-state index in [-0.39, 0.29) is 18.1 Å². The lowest BCUT2D eigenvalue weighted by molar-refractivity contribution is -0.133. The van der Waals surface area contributed by atoms with Crippen molar-refractivity contribution in [1.29, 1.82) is 0 Å². The average molecular weight is 292 g/mol. The molecule has 1 aromatic rings. The molecule has 110 valence electrons. The SMILES string of the molecule is CC1NC(c2cccs2)N(C2CCCC(C)(C)C2)C1=O. The van der Waals surface area contributed by atoms with E-state index < -0.39 is 0 Å². The van der Waals surface area contributed by atoms with Crippen LogP contribution in [0.4, 0.5) is 0 Å². The van der Waals surface area contributed by atoms with E-state index >= 15 is 0 Å². The molecule has 1 N–H and O–H groups in total. The van der Waals surface area contributed by atoms with Crippen LogP contribution in [0.15, 0.2) is 17.5 Å². The van der Waals surface area contributed by atoms with Gasteiger partial charge >= 0.3 is 0 Å². The van der Waals surface area contributed by atoms with Crippen molar-refractivity contribution in [1.82, 2.24) is 10.2 Å². The molecule has 2 fully saturated rings. The van der Waals surface area contributed by atoms with Crippen molar-refractivity contribution in [2.45, 2.75) is 64.7 Å². The largest absolute Gasteiger partial charge is 0.318 e. The van der Waals surface area contributed by atoms with Crippen molar-refractivity contribution in [2.24, 2.45) is 5.41 Å². The minimum absolute atomic E-state index is 0.0628. The molecule has 3 rings (SSSR count). The standard InChI is InChI=1S/C16H24N2OS/c1-11-15(19)18(12-6-4-8-16(2,3)10-12)14(17-11)13-7-5-9-20-13/h5,7,9,11-12,14,17H,4,6,8,10H2,1-3H3. The smallest absolute Gasteiger partial charge is 0.241 e. The molecular weight excluding hydrogens is 268 g/mol. The fourth-order valence-electron chi connectivity index (χ4n) is 3.69. The van der Waals surface area contributed by atoms with Gasteiger partial charge in [-0.25, -0.2) is 0 Å². The van der Waals surface area contributed by atoms with Crippen LogP contribution in [0.3, 0.4) is 0 Å². The Kier molecular flexibility index (Phi) is 3.63. The zero-order chi connectivity index (χ0) is 14.3. The summed E-state index contributed by atoms with van der Waals surface area (Å²) in [6, 6.07) is 4.52. The minimum atomic E-state index is -0.0628. The number of nitrogens with zero attached hydrogens (tertiary/aromatic N) is 1. The van der Waals surface area contributed by atoms with Crippen LogP contribution >= 0.6 is 11.3 Å². The molecule has 0 radical (unpaired) electrons. The maximum Gasteiger partial charge on any atom is 0.241 e. The number of carbonyl (C=O) groups excluding carboxylic acids is 1. The summed E-state index contributed by atoms with van der Waals surface area (Å²) in [5.41, 5.74) is 0.356. The number of nitrogens with one attached hydrogen (secondary N) is 1. The van der Waals surface area contributed by atoms with Crippen molar-refractivity contribution in [2.75, 3.05) is 0 Å². The summed E-state index contributed by atoms with van der Waals surface area (Å²) in [5.74, 6) is 0.270. The van der Waals surface area contributed by atoms with Crippen molar-refractivity contribution in [3.8, 4) is 0 Å². The van der Waals surface area contributed by atoms with Gasteiger partial charge in [0.15, 0.2) is 0 Å². The van der Waals surface area contributed by atoms with Gasteiger partial charge in [0.1, 0.15) is 6.17 Å². The van der Waals surface area contributed by atoms with E-state index in [0.29, 0.717) is 11.5 Å². The second-order valence-corrected chi connectivity index (χ2v) is 7.95. The number of carbonyl (C=O) groups is 1. The molecule has 3 unspecified atom stereocenters. The average Bonchev–Trinajstić information content (AvgIpc) is 2.98. The molecule has 0 aromatic carbocycles.